The van der Waals surface area contributed by atoms with Crippen LogP contribution in [-0.2, 0) is 6.42 Å². The molecule has 0 aromatic carbocycles. The standard InChI is InChI=1S/C16H29N3O/c1-14(2)18-16(3,13-20)8-12-19(4)11-7-15-5-9-17-10-6-15/h5-6,9-10,14,18,20H,7-8,11-13H2,1-4H3. The third-order valence-corrected chi connectivity index (χ3v) is 3.56. The van der Waals surface area contributed by atoms with Crippen LogP contribution in [0.3, 0.4) is 0 Å². The van der Waals surface area contributed by atoms with Crippen molar-refractivity contribution in [2.24, 2.45) is 0 Å². The van der Waals surface area contributed by atoms with Crippen molar-refractivity contribution >= 4 is 0 Å². The first-order chi connectivity index (χ1) is 9.45. The summed E-state index contributed by atoms with van der Waals surface area (Å²) in [6, 6.07) is 4.51. The molecule has 1 aromatic heterocycles. The number of aliphatic hydroxyl groups is 1. The molecule has 0 aliphatic heterocycles. The van der Waals surface area contributed by atoms with Gasteiger partial charge in [-0.2, -0.15) is 0 Å². The Morgan fingerprint density at radius 1 is 1.30 bits per heavy atom. The molecule has 0 bridgehead atoms. The van der Waals surface area contributed by atoms with Crippen LogP contribution in [0.4, 0.5) is 0 Å². The number of rotatable bonds is 9. The highest BCUT2D eigenvalue weighted by Gasteiger charge is 2.23. The van der Waals surface area contributed by atoms with Crippen molar-refractivity contribution in [3.8, 4) is 0 Å². The number of nitrogens with zero attached hydrogens (tertiary/aromatic N) is 2. The van der Waals surface area contributed by atoms with E-state index >= 15 is 0 Å². The van der Waals surface area contributed by atoms with Gasteiger partial charge in [0, 0.05) is 30.5 Å². The summed E-state index contributed by atoms with van der Waals surface area (Å²) in [5.41, 5.74) is 1.12. The monoisotopic (exact) mass is 279 g/mol. The lowest BCUT2D eigenvalue weighted by molar-refractivity contribution is 0.143. The summed E-state index contributed by atoms with van der Waals surface area (Å²) in [4.78, 5) is 6.35. The molecule has 1 aromatic rings. The molecule has 0 fully saturated rings. The van der Waals surface area contributed by atoms with Gasteiger partial charge in [-0.25, -0.2) is 0 Å². The molecule has 0 aliphatic rings. The Hall–Kier alpha value is -0.970. The minimum atomic E-state index is -0.195. The fourth-order valence-corrected chi connectivity index (χ4v) is 2.31. The van der Waals surface area contributed by atoms with Gasteiger partial charge in [-0.1, -0.05) is 13.8 Å². The van der Waals surface area contributed by atoms with Gasteiger partial charge in [0.1, 0.15) is 0 Å². The van der Waals surface area contributed by atoms with Gasteiger partial charge in [-0.15, -0.1) is 0 Å². The molecule has 2 N–H and O–H groups in total. The van der Waals surface area contributed by atoms with Crippen molar-refractivity contribution in [3.63, 3.8) is 0 Å². The van der Waals surface area contributed by atoms with E-state index in [2.05, 4.69) is 55.2 Å². The molecular formula is C16H29N3O. The Bertz CT molecular complexity index is 369. The van der Waals surface area contributed by atoms with Gasteiger partial charge < -0.3 is 15.3 Å². The molecule has 20 heavy (non-hydrogen) atoms. The molecule has 0 amide bonds. The molecular weight excluding hydrogens is 250 g/mol. The lowest BCUT2D eigenvalue weighted by Gasteiger charge is -2.33. The fraction of sp³-hybridized carbons (Fsp3) is 0.688. The largest absolute Gasteiger partial charge is 0.394 e. The Kier molecular flexibility index (Phi) is 7.13. The Balaban J connectivity index is 2.33. The van der Waals surface area contributed by atoms with E-state index in [9.17, 15) is 5.11 Å². The van der Waals surface area contributed by atoms with Gasteiger partial charge in [-0.3, -0.25) is 4.98 Å². The van der Waals surface area contributed by atoms with E-state index in [1.54, 1.807) is 0 Å². The molecule has 1 heterocycles. The average molecular weight is 279 g/mol. The number of likely N-dealkylation sites (N-methyl/N-ethyl adjacent to an activating group) is 1. The van der Waals surface area contributed by atoms with Crippen LogP contribution in [-0.4, -0.2) is 53.3 Å². The summed E-state index contributed by atoms with van der Waals surface area (Å²) in [6.07, 6.45) is 5.65. The predicted octanol–water partition coefficient (Wildman–Crippen LogP) is 1.69. The lowest BCUT2D eigenvalue weighted by atomic mass is 9.97. The molecule has 0 saturated heterocycles. The molecule has 114 valence electrons. The van der Waals surface area contributed by atoms with Crippen LogP contribution in [0.2, 0.25) is 0 Å². The zero-order chi connectivity index (χ0) is 15.0. The van der Waals surface area contributed by atoms with E-state index in [0.29, 0.717) is 6.04 Å². The lowest BCUT2D eigenvalue weighted by Crippen LogP contribution is -2.50. The Labute approximate surface area is 123 Å². The first-order valence-electron chi connectivity index (χ1n) is 7.41. The molecule has 0 aliphatic carbocycles. The topological polar surface area (TPSA) is 48.4 Å². The summed E-state index contributed by atoms with van der Waals surface area (Å²) in [7, 11) is 2.13. The zero-order valence-corrected chi connectivity index (χ0v) is 13.3. The van der Waals surface area contributed by atoms with Crippen LogP contribution in [0.25, 0.3) is 0 Å². The van der Waals surface area contributed by atoms with Crippen LogP contribution < -0.4 is 5.32 Å². The van der Waals surface area contributed by atoms with Gasteiger partial charge >= 0.3 is 0 Å². The average Bonchev–Trinajstić information content (AvgIpc) is 2.43. The number of aliphatic hydroxyl groups excluding tert-OH is 1. The zero-order valence-electron chi connectivity index (χ0n) is 13.3. The van der Waals surface area contributed by atoms with Crippen LogP contribution in [0, 0.1) is 0 Å². The summed E-state index contributed by atoms with van der Waals surface area (Å²) in [5.74, 6) is 0. The first-order valence-corrected chi connectivity index (χ1v) is 7.41. The maximum atomic E-state index is 9.57. The second kappa shape index (κ2) is 8.35. The van der Waals surface area contributed by atoms with Crippen molar-refractivity contribution in [2.75, 3.05) is 26.7 Å². The molecule has 1 unspecified atom stereocenters. The summed E-state index contributed by atoms with van der Waals surface area (Å²) in [6.45, 7) is 8.48. The Morgan fingerprint density at radius 3 is 2.50 bits per heavy atom. The summed E-state index contributed by atoms with van der Waals surface area (Å²) in [5, 5.41) is 13.0. The third kappa shape index (κ3) is 6.46. The van der Waals surface area contributed by atoms with E-state index in [4.69, 9.17) is 0 Å². The summed E-state index contributed by atoms with van der Waals surface area (Å²) < 4.78 is 0. The van der Waals surface area contributed by atoms with Gasteiger partial charge in [0.15, 0.2) is 0 Å². The maximum Gasteiger partial charge on any atom is 0.0611 e. The van der Waals surface area contributed by atoms with Crippen molar-refractivity contribution < 1.29 is 5.11 Å². The minimum absolute atomic E-state index is 0.170. The fourth-order valence-electron chi connectivity index (χ4n) is 2.31. The van der Waals surface area contributed by atoms with Crippen LogP contribution in [0.5, 0.6) is 0 Å². The van der Waals surface area contributed by atoms with Gasteiger partial charge in [-0.05, 0) is 51.1 Å². The number of aromatic nitrogens is 1. The van der Waals surface area contributed by atoms with Gasteiger partial charge in [0.2, 0.25) is 0 Å². The highest BCUT2D eigenvalue weighted by molar-refractivity contribution is 5.09. The van der Waals surface area contributed by atoms with E-state index in [0.717, 1.165) is 25.9 Å². The smallest absolute Gasteiger partial charge is 0.0611 e. The quantitative estimate of drug-likeness (QED) is 0.722. The number of hydrogen-bond donors (Lipinski definition) is 2. The molecule has 1 rings (SSSR count). The van der Waals surface area contributed by atoms with Crippen molar-refractivity contribution in [2.45, 2.75) is 45.2 Å². The molecule has 4 heteroatoms. The number of pyridine rings is 1. The van der Waals surface area contributed by atoms with Crippen molar-refractivity contribution in [3.05, 3.63) is 30.1 Å². The third-order valence-electron chi connectivity index (χ3n) is 3.56. The highest BCUT2D eigenvalue weighted by atomic mass is 16.3. The summed E-state index contributed by atoms with van der Waals surface area (Å²) >= 11 is 0. The van der Waals surface area contributed by atoms with Crippen LogP contribution >= 0.6 is 0 Å². The predicted molar refractivity (Wildman–Crippen MR) is 83.8 cm³/mol. The van der Waals surface area contributed by atoms with Crippen LogP contribution in [0.15, 0.2) is 24.5 Å². The second-order valence-electron chi connectivity index (χ2n) is 6.18. The van der Waals surface area contributed by atoms with Crippen LogP contribution in [0.1, 0.15) is 32.8 Å². The molecule has 1 atom stereocenters. The first kappa shape index (κ1) is 17.1. The highest BCUT2D eigenvalue weighted by Crippen LogP contribution is 2.11. The second-order valence-corrected chi connectivity index (χ2v) is 6.18. The Morgan fingerprint density at radius 2 is 1.95 bits per heavy atom. The van der Waals surface area contributed by atoms with E-state index in [1.165, 1.54) is 5.56 Å². The molecule has 0 radical (unpaired) electrons. The maximum absolute atomic E-state index is 9.57. The number of hydrogen-bond acceptors (Lipinski definition) is 4. The van der Waals surface area contributed by atoms with E-state index in [1.807, 2.05) is 12.4 Å². The number of nitrogens with one attached hydrogen (secondary N) is 1. The van der Waals surface area contributed by atoms with Crippen molar-refractivity contribution in [1.29, 1.82) is 0 Å². The molecule has 0 spiro atoms. The molecule has 4 nitrogen and oxygen atoms in total. The SMILES string of the molecule is CC(C)NC(C)(CO)CCN(C)CCc1ccncc1. The normalized spacial score (nSPS) is 14.8. The van der Waals surface area contributed by atoms with Gasteiger partial charge in [0.25, 0.3) is 0 Å². The van der Waals surface area contributed by atoms with Gasteiger partial charge in [0.05, 0.1) is 6.61 Å². The minimum Gasteiger partial charge on any atom is -0.394 e. The molecule has 0 saturated carbocycles. The van der Waals surface area contributed by atoms with E-state index < -0.39 is 0 Å². The van der Waals surface area contributed by atoms with Crippen molar-refractivity contribution in [1.82, 2.24) is 15.2 Å². The van der Waals surface area contributed by atoms with E-state index in [-0.39, 0.29) is 12.1 Å².